The summed E-state index contributed by atoms with van der Waals surface area (Å²) in [4.78, 5) is 51.6. The number of phenols is 1. The van der Waals surface area contributed by atoms with Gasteiger partial charge in [0.05, 0.1) is 26.5 Å². The minimum absolute atomic E-state index is 0. The molecule has 2 fully saturated rings. The fourth-order valence-electron chi connectivity index (χ4n) is 7.59. The molecule has 0 spiro atoms. The van der Waals surface area contributed by atoms with Crippen LogP contribution in [0.5, 0.6) is 5.75 Å². The minimum atomic E-state index is -0.746. The molecule has 57 heavy (non-hydrogen) atoms. The number of hydrogen-bond donors (Lipinski definition) is 3. The second-order valence-corrected chi connectivity index (χ2v) is 17.7. The molecule has 5 aromatic rings. The molecule has 3 N–H and O–H groups in total. The van der Waals surface area contributed by atoms with Crippen LogP contribution >= 0.6 is 22.7 Å². The van der Waals surface area contributed by atoms with E-state index < -0.39 is 17.5 Å². The molecule has 0 aliphatic carbocycles. The fraction of sp³-hybridized carbons (Fsp3) is 0.419. The standard InChI is InChI=1S/C42H49N7O4S2.CH3.Cs/c1-26-38(54-25-44-26)29-13-11-27(12-14-29)24-43-40(52)33-9-7-18-49(33)41(53)39(42(2,3)4)45-37(51)17-21-48-19-15-28(16-20-48)35-23-32-36(55-35)22-31(46-47-32)30-8-5-6-10-34(30)50;;/h5-6,8,10-14,22-23,25,28,33,39,50H,7,9,15-21,24H2,1-4H3,(H,43,52)(H,45,51);1H3;/q;-1;+1. The summed E-state index contributed by atoms with van der Waals surface area (Å²) >= 11 is 3.34. The van der Waals surface area contributed by atoms with Gasteiger partial charge in [-0.25, -0.2) is 4.98 Å². The Bertz CT molecular complexity index is 2160. The number of fused-ring (bicyclic) bond motifs is 1. The zero-order valence-corrected chi connectivity index (χ0v) is 41.8. The number of aryl methyl sites for hydroxylation is 1. The van der Waals surface area contributed by atoms with Gasteiger partial charge in [0.1, 0.15) is 23.3 Å². The van der Waals surface area contributed by atoms with E-state index in [4.69, 9.17) is 0 Å². The van der Waals surface area contributed by atoms with Crippen LogP contribution in [-0.2, 0) is 20.9 Å². The summed E-state index contributed by atoms with van der Waals surface area (Å²) in [5.41, 5.74) is 6.58. The topological polar surface area (TPSA) is 141 Å². The maximum atomic E-state index is 14.0. The molecule has 296 valence electrons. The molecular weight excluding hydrogens is 876 g/mol. The number of likely N-dealkylation sites (tertiary alicyclic amines) is 2. The molecule has 2 unspecified atom stereocenters. The summed E-state index contributed by atoms with van der Waals surface area (Å²) in [6, 6.07) is 18.1. The molecule has 2 aromatic carbocycles. The van der Waals surface area contributed by atoms with Crippen LogP contribution in [0.3, 0.4) is 0 Å². The number of rotatable bonds is 11. The smallest absolute Gasteiger partial charge is 0.507 e. The van der Waals surface area contributed by atoms with Crippen LogP contribution in [0.1, 0.15) is 74.9 Å². The fourth-order valence-corrected chi connectivity index (χ4v) is 9.60. The van der Waals surface area contributed by atoms with Crippen LogP contribution in [0.2, 0.25) is 0 Å². The van der Waals surface area contributed by atoms with Crippen molar-refractivity contribution in [2.45, 2.75) is 84.3 Å². The Morgan fingerprint density at radius 2 is 1.72 bits per heavy atom. The summed E-state index contributed by atoms with van der Waals surface area (Å²) in [6.07, 6.45) is 3.59. The van der Waals surface area contributed by atoms with Crippen LogP contribution in [0.25, 0.3) is 31.9 Å². The number of nitrogens with zero attached hydrogens (tertiary/aromatic N) is 5. The average molecular weight is 928 g/mol. The third kappa shape index (κ3) is 10.9. The van der Waals surface area contributed by atoms with E-state index in [1.54, 1.807) is 39.7 Å². The molecule has 0 radical (unpaired) electrons. The first-order valence-electron chi connectivity index (χ1n) is 19.1. The van der Waals surface area contributed by atoms with Crippen LogP contribution in [0, 0.1) is 19.8 Å². The Morgan fingerprint density at radius 1 is 0.982 bits per heavy atom. The number of para-hydroxylation sites is 1. The molecule has 2 atom stereocenters. The molecule has 7 rings (SSSR count). The van der Waals surface area contributed by atoms with Crippen molar-refractivity contribution in [2.75, 3.05) is 26.2 Å². The Hall–Kier alpha value is -2.67. The van der Waals surface area contributed by atoms with Gasteiger partial charge < -0.3 is 33.0 Å². The third-order valence-electron chi connectivity index (χ3n) is 10.8. The third-order valence-corrected chi connectivity index (χ3v) is 13.0. The number of thiophene rings is 1. The molecule has 2 aliphatic rings. The van der Waals surface area contributed by atoms with Gasteiger partial charge in [0.2, 0.25) is 17.7 Å². The molecule has 3 aromatic heterocycles. The molecule has 5 heterocycles. The van der Waals surface area contributed by atoms with Gasteiger partial charge in [0.25, 0.3) is 0 Å². The maximum absolute atomic E-state index is 14.0. The number of benzene rings is 2. The summed E-state index contributed by atoms with van der Waals surface area (Å²) in [5, 5.41) is 25.2. The molecule has 0 saturated carbocycles. The van der Waals surface area contributed by atoms with E-state index in [0.717, 1.165) is 64.3 Å². The molecule has 11 nitrogen and oxygen atoms in total. The summed E-state index contributed by atoms with van der Waals surface area (Å²) in [7, 11) is 0. The van der Waals surface area contributed by atoms with Gasteiger partial charge in [-0.15, -0.1) is 32.9 Å². The van der Waals surface area contributed by atoms with E-state index in [0.29, 0.717) is 49.7 Å². The van der Waals surface area contributed by atoms with Crippen LogP contribution < -0.4 is 79.5 Å². The zero-order valence-electron chi connectivity index (χ0n) is 33.9. The van der Waals surface area contributed by atoms with Crippen molar-refractivity contribution in [1.82, 2.24) is 35.6 Å². The van der Waals surface area contributed by atoms with Crippen molar-refractivity contribution in [3.63, 3.8) is 0 Å². The number of hydrogen-bond acceptors (Lipinski definition) is 10. The van der Waals surface area contributed by atoms with Gasteiger partial charge in [0, 0.05) is 36.5 Å². The van der Waals surface area contributed by atoms with E-state index in [2.05, 4.69) is 36.8 Å². The van der Waals surface area contributed by atoms with Gasteiger partial charge in [-0.05, 0) is 92.4 Å². The second kappa shape index (κ2) is 20.1. The van der Waals surface area contributed by atoms with Crippen molar-refractivity contribution >= 4 is 50.6 Å². The number of phenolic OH excluding ortho intramolecular Hbond substituents is 1. The molecule has 3 amide bonds. The van der Waals surface area contributed by atoms with Crippen LogP contribution in [-0.4, -0.2) is 86.1 Å². The first-order valence-corrected chi connectivity index (χ1v) is 20.8. The largest absolute Gasteiger partial charge is 1.00 e. The first-order chi connectivity index (χ1) is 26.4. The van der Waals surface area contributed by atoms with Crippen LogP contribution in [0.4, 0.5) is 0 Å². The Morgan fingerprint density at radius 3 is 2.40 bits per heavy atom. The number of carbonyl (C=O) groups excluding carboxylic acids is 3. The molecule has 2 aliphatic heterocycles. The van der Waals surface area contributed by atoms with Crippen molar-refractivity contribution in [1.29, 1.82) is 0 Å². The van der Waals surface area contributed by atoms with E-state index >= 15 is 0 Å². The minimum Gasteiger partial charge on any atom is -0.507 e. The summed E-state index contributed by atoms with van der Waals surface area (Å²) < 4.78 is 1.05. The molecular formula is C43H52CsN7O4S2. The van der Waals surface area contributed by atoms with Crippen molar-refractivity contribution in [2.24, 2.45) is 5.41 Å². The zero-order chi connectivity index (χ0) is 38.7. The molecule has 14 heteroatoms. The number of thiazole rings is 1. The second-order valence-electron chi connectivity index (χ2n) is 15.7. The predicted octanol–water partition coefficient (Wildman–Crippen LogP) is 4.36. The summed E-state index contributed by atoms with van der Waals surface area (Å²) in [6.45, 7) is 11.1. The number of amides is 3. The Labute approximate surface area is 402 Å². The van der Waals surface area contributed by atoms with Crippen molar-refractivity contribution in [3.05, 3.63) is 89.7 Å². The quantitative estimate of drug-likeness (QED) is 0.166. The number of piperidine rings is 1. The number of aromatic nitrogens is 3. The number of aromatic hydroxyl groups is 1. The van der Waals surface area contributed by atoms with Gasteiger partial charge in [-0.2, -0.15) is 0 Å². The summed E-state index contributed by atoms with van der Waals surface area (Å²) in [5.74, 6) is 0.0636. The maximum Gasteiger partial charge on any atom is 1.00 e. The van der Waals surface area contributed by atoms with Gasteiger partial charge in [-0.1, -0.05) is 57.2 Å². The van der Waals surface area contributed by atoms with Crippen molar-refractivity contribution < 1.29 is 88.4 Å². The van der Waals surface area contributed by atoms with E-state index in [9.17, 15) is 19.5 Å². The molecule has 2 saturated heterocycles. The average Bonchev–Trinajstić information content (AvgIpc) is 3.95. The SMILES string of the molecule is Cc1ncsc1-c1ccc(CNC(=O)C2CCCN2C(=O)C(NC(=O)CCN2CCC(c3cc4nnc(-c5ccccc5O)cc4s3)CC2)C(C)(C)C)cc1.[CH3-].[Cs+]. The monoisotopic (exact) mass is 927 g/mol. The van der Waals surface area contributed by atoms with Gasteiger partial charge in [0.15, 0.2) is 0 Å². The normalized spacial score (nSPS) is 16.8. The van der Waals surface area contributed by atoms with Crippen molar-refractivity contribution in [3.8, 4) is 27.4 Å². The van der Waals surface area contributed by atoms with Gasteiger partial charge >= 0.3 is 68.9 Å². The Balaban J connectivity index is 0.00000310. The van der Waals surface area contributed by atoms with E-state index in [1.807, 2.05) is 75.7 Å². The predicted molar refractivity (Wildman–Crippen MR) is 224 cm³/mol. The van der Waals surface area contributed by atoms with Gasteiger partial charge in [-0.3, -0.25) is 14.4 Å². The number of carbonyl (C=O) groups is 3. The first kappa shape index (κ1) is 45.4. The Kier molecular flexibility index (Phi) is 16.0. The van der Waals surface area contributed by atoms with E-state index in [1.165, 1.54) is 4.88 Å². The molecule has 0 bridgehead atoms. The number of nitrogens with one attached hydrogen (secondary N) is 2. The van der Waals surface area contributed by atoms with Crippen LogP contribution in [0.15, 0.2) is 66.2 Å². The van der Waals surface area contributed by atoms with E-state index in [-0.39, 0.29) is 99.8 Å².